The molecule has 230 valence electrons. The summed E-state index contributed by atoms with van der Waals surface area (Å²) < 4.78 is 12.6. The highest BCUT2D eigenvalue weighted by atomic mass is 32.1. The minimum Gasteiger partial charge on any atom is -0.456 e. The second kappa shape index (κ2) is 8.93. The molecule has 0 fully saturated rings. The SMILES string of the molecule is c1cc2c3c(c1)ccc1oc4ccc5c(c6c-2cccc6n5-c2nc(-c5ccc6sc7ccccc7c6c5)c5c(n2)sc2ccccc25)c4c13. The number of aromatic nitrogens is 3. The molecule has 0 radical (unpaired) electrons. The molecule has 13 rings (SSSR count). The molecule has 0 bridgehead atoms. The van der Waals surface area contributed by atoms with Gasteiger partial charge in [-0.25, -0.2) is 9.97 Å². The Hall–Kier alpha value is -6.08. The molecular weight excluding hydrogens is 651 g/mol. The van der Waals surface area contributed by atoms with E-state index in [-0.39, 0.29) is 0 Å². The summed E-state index contributed by atoms with van der Waals surface area (Å²) in [5.74, 6) is 0.678. The van der Waals surface area contributed by atoms with Crippen molar-refractivity contribution in [3.05, 3.63) is 127 Å². The van der Waals surface area contributed by atoms with Crippen molar-refractivity contribution in [1.29, 1.82) is 0 Å². The van der Waals surface area contributed by atoms with Crippen LogP contribution in [0.4, 0.5) is 0 Å². The monoisotopic (exact) mass is 671 g/mol. The van der Waals surface area contributed by atoms with Gasteiger partial charge < -0.3 is 4.42 Å². The maximum absolute atomic E-state index is 6.54. The summed E-state index contributed by atoms with van der Waals surface area (Å²) in [5.41, 5.74) is 8.51. The van der Waals surface area contributed by atoms with Gasteiger partial charge in [0.1, 0.15) is 16.0 Å². The highest BCUT2D eigenvalue weighted by Gasteiger charge is 2.27. The van der Waals surface area contributed by atoms with Crippen molar-refractivity contribution in [2.45, 2.75) is 0 Å². The highest BCUT2D eigenvalue weighted by molar-refractivity contribution is 7.26. The van der Waals surface area contributed by atoms with Crippen LogP contribution in [0.2, 0.25) is 0 Å². The Morgan fingerprint density at radius 2 is 1.20 bits per heavy atom. The van der Waals surface area contributed by atoms with Gasteiger partial charge in [-0.05, 0) is 65.0 Å². The van der Waals surface area contributed by atoms with Crippen LogP contribution >= 0.6 is 22.7 Å². The molecule has 0 unspecified atom stereocenters. The topological polar surface area (TPSA) is 43.9 Å². The second-order valence-electron chi connectivity index (χ2n) is 13.3. The van der Waals surface area contributed by atoms with Crippen LogP contribution in [-0.4, -0.2) is 14.5 Å². The quantitative estimate of drug-likeness (QED) is 0.184. The standard InChI is InChI=1S/C44H21N3OS2/c1-3-13-33-24(8-1)28-21-23(16-20-35(28)49-33)42-38-27-9-2-4-14-34(27)50-43(38)46-44(45-42)47-29-12-6-11-26-25-10-5-7-22-15-18-31-40(36(22)25)41-32(48-31)19-17-30(47)39(41)37(26)29/h1-21H. The van der Waals surface area contributed by atoms with Crippen LogP contribution in [0.25, 0.3) is 123 Å². The van der Waals surface area contributed by atoms with E-state index in [0.29, 0.717) is 5.95 Å². The molecule has 0 amide bonds. The highest BCUT2D eigenvalue weighted by Crippen LogP contribution is 2.51. The van der Waals surface area contributed by atoms with Crippen LogP contribution in [0.1, 0.15) is 0 Å². The molecule has 0 saturated heterocycles. The first kappa shape index (κ1) is 25.9. The summed E-state index contributed by atoms with van der Waals surface area (Å²) >= 11 is 3.58. The fourth-order valence-corrected chi connectivity index (χ4v) is 10.9. The van der Waals surface area contributed by atoms with Crippen molar-refractivity contribution in [3.8, 4) is 28.3 Å². The predicted octanol–water partition coefficient (Wildman–Crippen LogP) is 13.0. The number of benzene rings is 7. The third kappa shape index (κ3) is 3.08. The van der Waals surface area contributed by atoms with Crippen molar-refractivity contribution >= 4 is 118 Å². The maximum atomic E-state index is 6.54. The van der Waals surface area contributed by atoms with E-state index in [4.69, 9.17) is 14.4 Å². The van der Waals surface area contributed by atoms with Gasteiger partial charge in [-0.3, -0.25) is 4.57 Å². The summed E-state index contributed by atoms with van der Waals surface area (Å²) in [6, 6.07) is 46.1. The molecule has 7 aromatic carbocycles. The van der Waals surface area contributed by atoms with E-state index in [0.717, 1.165) is 43.7 Å². The maximum Gasteiger partial charge on any atom is 0.236 e. The molecule has 1 aliphatic carbocycles. The van der Waals surface area contributed by atoms with Gasteiger partial charge in [0, 0.05) is 68.1 Å². The van der Waals surface area contributed by atoms with Crippen LogP contribution in [-0.2, 0) is 0 Å². The van der Waals surface area contributed by atoms with E-state index >= 15 is 0 Å². The van der Waals surface area contributed by atoms with Crippen molar-refractivity contribution in [3.63, 3.8) is 0 Å². The smallest absolute Gasteiger partial charge is 0.236 e. The van der Waals surface area contributed by atoms with E-state index in [2.05, 4.69) is 132 Å². The molecule has 4 nitrogen and oxygen atoms in total. The van der Waals surface area contributed by atoms with Crippen LogP contribution in [0, 0.1) is 0 Å². The normalized spacial score (nSPS) is 12.8. The Kier molecular flexibility index (Phi) is 4.62. The minimum absolute atomic E-state index is 0.678. The fourth-order valence-electron chi connectivity index (χ4n) is 8.73. The number of thiophene rings is 2. The first-order chi connectivity index (χ1) is 24.8. The average Bonchev–Trinajstić information content (AvgIpc) is 3.90. The Labute approximate surface area is 291 Å². The van der Waals surface area contributed by atoms with Gasteiger partial charge in [-0.1, -0.05) is 78.9 Å². The molecule has 0 spiro atoms. The lowest BCUT2D eigenvalue weighted by Gasteiger charge is -2.12. The molecule has 0 aliphatic heterocycles. The third-order valence-electron chi connectivity index (χ3n) is 10.8. The Morgan fingerprint density at radius 1 is 0.480 bits per heavy atom. The van der Waals surface area contributed by atoms with Crippen molar-refractivity contribution in [2.75, 3.05) is 0 Å². The van der Waals surface area contributed by atoms with E-state index < -0.39 is 0 Å². The van der Waals surface area contributed by atoms with E-state index in [1.54, 1.807) is 11.3 Å². The predicted molar refractivity (Wildman–Crippen MR) is 211 cm³/mol. The number of hydrogen-bond acceptors (Lipinski definition) is 5. The number of fused-ring (bicyclic) bond motifs is 7. The minimum atomic E-state index is 0.678. The fraction of sp³-hybridized carbons (Fsp3) is 0. The van der Waals surface area contributed by atoms with Crippen LogP contribution in [0.15, 0.2) is 132 Å². The molecule has 6 heteroatoms. The molecule has 0 N–H and O–H groups in total. The largest absolute Gasteiger partial charge is 0.456 e. The Balaban J connectivity index is 1.20. The number of rotatable bonds is 2. The van der Waals surface area contributed by atoms with Gasteiger partial charge in [-0.2, -0.15) is 0 Å². The molecule has 0 atom stereocenters. The van der Waals surface area contributed by atoms with Gasteiger partial charge in [-0.15, -0.1) is 22.7 Å². The molecule has 50 heavy (non-hydrogen) atoms. The number of furan rings is 1. The molecule has 0 saturated carbocycles. The molecular formula is C44H21N3OS2. The lowest BCUT2D eigenvalue weighted by atomic mass is 9.95. The lowest BCUT2D eigenvalue weighted by Crippen LogP contribution is -2.02. The zero-order valence-electron chi connectivity index (χ0n) is 26.2. The summed E-state index contributed by atoms with van der Waals surface area (Å²) in [4.78, 5) is 12.0. The van der Waals surface area contributed by atoms with Gasteiger partial charge in [0.25, 0.3) is 0 Å². The van der Waals surface area contributed by atoms with Crippen LogP contribution in [0.5, 0.6) is 0 Å². The van der Waals surface area contributed by atoms with Gasteiger partial charge in [0.15, 0.2) is 0 Å². The van der Waals surface area contributed by atoms with Crippen LogP contribution in [0.3, 0.4) is 0 Å². The second-order valence-corrected chi connectivity index (χ2v) is 15.4. The average molecular weight is 672 g/mol. The zero-order chi connectivity index (χ0) is 32.2. The molecule has 5 heterocycles. The third-order valence-corrected chi connectivity index (χ3v) is 13.0. The van der Waals surface area contributed by atoms with Gasteiger partial charge >= 0.3 is 0 Å². The first-order valence-electron chi connectivity index (χ1n) is 16.7. The summed E-state index contributed by atoms with van der Waals surface area (Å²) in [5, 5.41) is 12.1. The number of hydrogen-bond donors (Lipinski definition) is 0. The molecule has 1 aliphatic rings. The van der Waals surface area contributed by atoms with E-state index in [9.17, 15) is 0 Å². The first-order valence-corrected chi connectivity index (χ1v) is 18.4. The Bertz CT molecular complexity index is 3510. The van der Waals surface area contributed by atoms with Crippen molar-refractivity contribution < 1.29 is 4.42 Å². The molecule has 5 aromatic heterocycles. The van der Waals surface area contributed by atoms with Gasteiger partial charge in [0.05, 0.1) is 16.7 Å². The molecule has 12 aromatic rings. The van der Waals surface area contributed by atoms with Gasteiger partial charge in [0.2, 0.25) is 5.95 Å². The number of nitrogens with zero attached hydrogens (tertiary/aromatic N) is 3. The van der Waals surface area contributed by atoms with Crippen molar-refractivity contribution in [2.24, 2.45) is 0 Å². The Morgan fingerprint density at radius 3 is 2.10 bits per heavy atom. The van der Waals surface area contributed by atoms with Crippen LogP contribution < -0.4 is 0 Å². The summed E-state index contributed by atoms with van der Waals surface area (Å²) in [7, 11) is 0. The van der Waals surface area contributed by atoms with E-state index in [1.807, 2.05) is 11.3 Å². The zero-order valence-corrected chi connectivity index (χ0v) is 27.8. The lowest BCUT2D eigenvalue weighted by molar-refractivity contribution is 0.669. The van der Waals surface area contributed by atoms with E-state index in [1.165, 1.54) is 73.7 Å². The summed E-state index contributed by atoms with van der Waals surface area (Å²) in [6.07, 6.45) is 0. The van der Waals surface area contributed by atoms with Crippen molar-refractivity contribution in [1.82, 2.24) is 14.5 Å². The summed E-state index contributed by atoms with van der Waals surface area (Å²) in [6.45, 7) is 0.